The van der Waals surface area contributed by atoms with Gasteiger partial charge in [-0.2, -0.15) is 0 Å². The van der Waals surface area contributed by atoms with Gasteiger partial charge in [0.25, 0.3) is 5.91 Å². The molecular formula is C31H32N4O8. The standard InChI is InChI=1S/C31H32N4O8/c36-26(31(41)42)16-27(37)32-21-9-6-18(7-10-21)14-24(30(39)40)34-29(38)19-8-11-25-23(15-19)33-28(20-12-13-43-17-20)35(25)22-4-2-1-3-5-22/h6-13,15,17,22,24,26,36H,1-5,14,16H2,(H,32,37)(H,34,38)(H,39,40)(H,41,42)/t24-,26+/m0/s1. The molecule has 0 saturated heterocycles. The third kappa shape index (κ3) is 6.92. The normalized spacial score (nSPS) is 15.1. The number of aliphatic carboxylic acids is 2. The van der Waals surface area contributed by atoms with Gasteiger partial charge in [-0.25, -0.2) is 14.6 Å². The molecule has 2 heterocycles. The number of carbonyl (C=O) groups excluding carboxylic acids is 2. The molecule has 2 atom stereocenters. The first kappa shape index (κ1) is 29.5. The van der Waals surface area contributed by atoms with Crippen LogP contribution in [0.2, 0.25) is 0 Å². The van der Waals surface area contributed by atoms with Gasteiger partial charge in [-0.05, 0) is 54.8 Å². The monoisotopic (exact) mass is 588 g/mol. The zero-order valence-corrected chi connectivity index (χ0v) is 23.2. The predicted octanol–water partition coefficient (Wildman–Crippen LogP) is 4.00. The topological polar surface area (TPSA) is 184 Å². The smallest absolute Gasteiger partial charge is 0.333 e. The summed E-state index contributed by atoms with van der Waals surface area (Å²) in [5.74, 6) is -3.17. The van der Waals surface area contributed by atoms with Crippen LogP contribution in [0.3, 0.4) is 0 Å². The molecule has 1 fully saturated rings. The molecule has 12 heteroatoms. The van der Waals surface area contributed by atoms with E-state index >= 15 is 0 Å². The summed E-state index contributed by atoms with van der Waals surface area (Å²) in [4.78, 5) is 52.7. The van der Waals surface area contributed by atoms with Crippen LogP contribution in [0.1, 0.15) is 60.5 Å². The van der Waals surface area contributed by atoms with Gasteiger partial charge in [-0.15, -0.1) is 0 Å². The van der Waals surface area contributed by atoms with E-state index in [0.717, 1.165) is 42.6 Å². The van der Waals surface area contributed by atoms with Crippen LogP contribution in [0.15, 0.2) is 65.5 Å². The maximum Gasteiger partial charge on any atom is 0.333 e. The number of aliphatic hydroxyl groups excluding tert-OH is 1. The Morgan fingerprint density at radius 2 is 1.72 bits per heavy atom. The number of aliphatic hydroxyl groups is 1. The third-order valence-corrected chi connectivity index (χ3v) is 7.62. The zero-order valence-electron chi connectivity index (χ0n) is 23.2. The number of rotatable bonds is 11. The second kappa shape index (κ2) is 12.9. The van der Waals surface area contributed by atoms with Crippen LogP contribution in [0.5, 0.6) is 0 Å². The van der Waals surface area contributed by atoms with Crippen molar-refractivity contribution < 1.29 is 38.9 Å². The molecule has 5 rings (SSSR count). The Morgan fingerprint density at radius 1 is 0.977 bits per heavy atom. The molecule has 2 aromatic carbocycles. The van der Waals surface area contributed by atoms with E-state index in [4.69, 9.17) is 14.5 Å². The van der Waals surface area contributed by atoms with Gasteiger partial charge >= 0.3 is 11.9 Å². The van der Waals surface area contributed by atoms with Gasteiger partial charge in [-0.3, -0.25) is 9.59 Å². The highest BCUT2D eigenvalue weighted by molar-refractivity contribution is 5.99. The van der Waals surface area contributed by atoms with E-state index in [1.807, 2.05) is 12.1 Å². The summed E-state index contributed by atoms with van der Waals surface area (Å²) in [6, 6.07) is 12.3. The molecule has 1 saturated carbocycles. The number of nitrogens with zero attached hydrogens (tertiary/aromatic N) is 2. The lowest BCUT2D eigenvalue weighted by Gasteiger charge is -2.25. The quantitative estimate of drug-likeness (QED) is 0.173. The van der Waals surface area contributed by atoms with Crippen molar-refractivity contribution in [2.45, 2.75) is 63.1 Å². The van der Waals surface area contributed by atoms with Gasteiger partial charge in [0.2, 0.25) is 5.91 Å². The van der Waals surface area contributed by atoms with Crippen LogP contribution in [-0.4, -0.2) is 60.8 Å². The highest BCUT2D eigenvalue weighted by atomic mass is 16.4. The molecule has 2 amide bonds. The Hall–Kier alpha value is -4.97. The number of fused-ring (bicyclic) bond motifs is 1. The molecule has 1 aliphatic carbocycles. The number of amides is 2. The van der Waals surface area contributed by atoms with Gasteiger partial charge in [0.15, 0.2) is 6.10 Å². The van der Waals surface area contributed by atoms with Crippen molar-refractivity contribution in [2.75, 3.05) is 5.32 Å². The molecule has 12 nitrogen and oxygen atoms in total. The number of carbonyl (C=O) groups is 4. The molecule has 0 radical (unpaired) electrons. The first-order chi connectivity index (χ1) is 20.7. The van der Waals surface area contributed by atoms with Gasteiger partial charge < -0.3 is 34.9 Å². The molecule has 0 spiro atoms. The number of benzene rings is 2. The minimum Gasteiger partial charge on any atom is -0.480 e. The van der Waals surface area contributed by atoms with E-state index in [2.05, 4.69) is 15.2 Å². The van der Waals surface area contributed by atoms with Crippen molar-refractivity contribution in [3.8, 4) is 11.4 Å². The molecule has 0 aliphatic heterocycles. The van der Waals surface area contributed by atoms with Crippen molar-refractivity contribution in [1.29, 1.82) is 0 Å². The van der Waals surface area contributed by atoms with E-state index in [0.29, 0.717) is 16.8 Å². The number of aromatic nitrogens is 2. The molecule has 0 unspecified atom stereocenters. The second-order valence-corrected chi connectivity index (χ2v) is 10.7. The van der Waals surface area contributed by atoms with Crippen molar-refractivity contribution in [3.05, 3.63) is 72.2 Å². The van der Waals surface area contributed by atoms with Gasteiger partial charge in [0.05, 0.1) is 29.3 Å². The first-order valence-electron chi connectivity index (χ1n) is 14.1. The SMILES string of the molecule is O=C(C[C@@H](O)C(=O)O)Nc1ccc(C[C@H](NC(=O)c2ccc3c(c2)nc(-c2ccoc2)n3C2CCCCC2)C(=O)O)cc1. The number of hydrogen-bond acceptors (Lipinski definition) is 7. The van der Waals surface area contributed by atoms with Crippen molar-refractivity contribution >= 4 is 40.5 Å². The first-order valence-corrected chi connectivity index (χ1v) is 14.1. The zero-order chi connectivity index (χ0) is 30.5. The molecule has 2 aromatic heterocycles. The van der Waals surface area contributed by atoms with Crippen molar-refractivity contribution in [2.24, 2.45) is 0 Å². The summed E-state index contributed by atoms with van der Waals surface area (Å²) in [5.41, 5.74) is 3.60. The number of imidazole rings is 1. The Labute approximate surface area is 246 Å². The Balaban J connectivity index is 1.29. The Kier molecular flexibility index (Phi) is 8.86. The molecule has 224 valence electrons. The van der Waals surface area contributed by atoms with Crippen LogP contribution in [0.4, 0.5) is 5.69 Å². The molecule has 4 aromatic rings. The highest BCUT2D eigenvalue weighted by Crippen LogP contribution is 2.36. The van der Waals surface area contributed by atoms with Gasteiger partial charge in [0, 0.05) is 23.7 Å². The summed E-state index contributed by atoms with van der Waals surface area (Å²) >= 11 is 0. The van der Waals surface area contributed by atoms with Crippen LogP contribution in [0, 0.1) is 0 Å². The van der Waals surface area contributed by atoms with Crippen LogP contribution in [0.25, 0.3) is 22.4 Å². The maximum absolute atomic E-state index is 13.2. The third-order valence-electron chi connectivity index (χ3n) is 7.62. The Morgan fingerprint density at radius 3 is 2.37 bits per heavy atom. The van der Waals surface area contributed by atoms with Gasteiger partial charge in [0.1, 0.15) is 18.1 Å². The number of hydrogen-bond donors (Lipinski definition) is 5. The van der Waals surface area contributed by atoms with Crippen molar-refractivity contribution in [3.63, 3.8) is 0 Å². The van der Waals surface area contributed by atoms with Crippen LogP contribution in [-0.2, 0) is 20.8 Å². The van der Waals surface area contributed by atoms with Crippen LogP contribution >= 0.6 is 0 Å². The summed E-state index contributed by atoms with van der Waals surface area (Å²) in [5, 5.41) is 32.9. The number of anilines is 1. The van der Waals surface area contributed by atoms with E-state index in [1.165, 1.54) is 18.6 Å². The van der Waals surface area contributed by atoms with E-state index in [1.54, 1.807) is 36.8 Å². The fourth-order valence-electron chi connectivity index (χ4n) is 5.42. The lowest BCUT2D eigenvalue weighted by molar-refractivity contribution is -0.148. The lowest BCUT2D eigenvalue weighted by atomic mass is 9.95. The van der Waals surface area contributed by atoms with Gasteiger partial charge in [-0.1, -0.05) is 31.4 Å². The van der Waals surface area contributed by atoms with E-state index < -0.39 is 42.3 Å². The minimum absolute atomic E-state index is 0.0176. The van der Waals surface area contributed by atoms with E-state index in [-0.39, 0.29) is 18.0 Å². The maximum atomic E-state index is 13.2. The minimum atomic E-state index is -1.81. The second-order valence-electron chi connectivity index (χ2n) is 10.7. The molecule has 43 heavy (non-hydrogen) atoms. The summed E-state index contributed by atoms with van der Waals surface area (Å²) in [6.45, 7) is 0. The summed E-state index contributed by atoms with van der Waals surface area (Å²) in [7, 11) is 0. The fourth-order valence-corrected chi connectivity index (χ4v) is 5.42. The largest absolute Gasteiger partial charge is 0.480 e. The average Bonchev–Trinajstić information content (AvgIpc) is 3.66. The molecule has 0 bridgehead atoms. The fraction of sp³-hybridized carbons (Fsp3) is 0.323. The summed E-state index contributed by atoms with van der Waals surface area (Å²) in [6.07, 6.45) is 6.38. The summed E-state index contributed by atoms with van der Waals surface area (Å²) < 4.78 is 7.53. The molecular weight excluding hydrogens is 556 g/mol. The predicted molar refractivity (Wildman–Crippen MR) is 155 cm³/mol. The average molecular weight is 589 g/mol. The van der Waals surface area contributed by atoms with E-state index in [9.17, 15) is 29.4 Å². The highest BCUT2D eigenvalue weighted by Gasteiger charge is 2.25. The number of carboxylic acids is 2. The number of carboxylic acid groups (broad SMARTS) is 2. The Bertz CT molecular complexity index is 1620. The molecule has 5 N–H and O–H groups in total. The number of furan rings is 1. The van der Waals surface area contributed by atoms with Crippen LogP contribution < -0.4 is 10.6 Å². The number of nitrogens with one attached hydrogen (secondary N) is 2. The van der Waals surface area contributed by atoms with Crippen molar-refractivity contribution in [1.82, 2.24) is 14.9 Å². The lowest BCUT2D eigenvalue weighted by Crippen LogP contribution is -2.42. The molecule has 1 aliphatic rings.